The number of epoxide rings is 1. The first-order chi connectivity index (χ1) is 26.9. The zero-order valence-corrected chi connectivity index (χ0v) is 34.8. The number of fused-ring (bicyclic) bond motifs is 5. The number of alkyl carbamates (subject to hydrolysis) is 1. The van der Waals surface area contributed by atoms with Crippen molar-refractivity contribution < 1.29 is 52.7 Å². The van der Waals surface area contributed by atoms with Crippen molar-refractivity contribution in [3.05, 3.63) is 70.3 Å². The Morgan fingerprint density at radius 3 is 2.49 bits per heavy atom. The van der Waals surface area contributed by atoms with E-state index in [1.807, 2.05) is 13.0 Å². The molecule has 0 radical (unpaired) electrons. The first kappa shape index (κ1) is 43.3. The molecule has 3 aliphatic rings. The monoisotopic (exact) mass is 812 g/mol. The predicted molar refractivity (Wildman–Crippen MR) is 213 cm³/mol. The maximum Gasteiger partial charge on any atom is 0.409 e. The molecule has 15 nitrogen and oxygen atoms in total. The topological polar surface area (TPSA) is 178 Å². The molecule has 4 bridgehead atoms. The van der Waals surface area contributed by atoms with E-state index in [9.17, 15) is 24.3 Å². The summed E-state index contributed by atoms with van der Waals surface area (Å²) in [5.74, 6) is -1.34. The van der Waals surface area contributed by atoms with Crippen LogP contribution in [0, 0.1) is 5.92 Å². The Labute approximate surface area is 338 Å². The van der Waals surface area contributed by atoms with E-state index >= 15 is 0 Å². The summed E-state index contributed by atoms with van der Waals surface area (Å²) in [5, 5.41) is 17.5. The summed E-state index contributed by atoms with van der Waals surface area (Å²) < 4.78 is 34.7. The lowest BCUT2D eigenvalue weighted by Crippen LogP contribution is -2.63. The van der Waals surface area contributed by atoms with Gasteiger partial charge in [-0.05, 0) is 63.1 Å². The zero-order chi connectivity index (χ0) is 42.0. The van der Waals surface area contributed by atoms with E-state index in [1.165, 1.54) is 45.1 Å². The van der Waals surface area contributed by atoms with Crippen molar-refractivity contribution in [2.24, 2.45) is 5.92 Å². The number of halogens is 1. The number of nitrogens with zero attached hydrogens (tertiary/aromatic N) is 2. The number of amides is 3. The van der Waals surface area contributed by atoms with E-state index in [0.29, 0.717) is 34.9 Å². The van der Waals surface area contributed by atoms with Gasteiger partial charge in [0.15, 0.2) is 5.72 Å². The van der Waals surface area contributed by atoms with Gasteiger partial charge in [-0.15, -0.1) is 0 Å². The number of hydrogen-bond acceptors (Lipinski definition) is 12. The molecule has 0 aliphatic carbocycles. The number of carbonyl (C=O) groups excluding carboxylic acids is 4. The van der Waals surface area contributed by atoms with Crippen LogP contribution in [-0.2, 0) is 35.0 Å². The summed E-state index contributed by atoms with van der Waals surface area (Å²) in [6.07, 6.45) is 0.734. The predicted octanol–water partition coefficient (Wildman–Crippen LogP) is 4.88. The maximum atomic E-state index is 14.2. The molecule has 310 valence electrons. The van der Waals surface area contributed by atoms with Crippen molar-refractivity contribution in [2.45, 2.75) is 88.7 Å². The van der Waals surface area contributed by atoms with Gasteiger partial charge >= 0.3 is 12.1 Å². The first-order valence-electron chi connectivity index (χ1n) is 18.6. The number of methoxy groups -OCH3 is 3. The molecule has 8 atom stereocenters. The molecule has 2 aromatic carbocycles. The summed E-state index contributed by atoms with van der Waals surface area (Å²) in [4.78, 5) is 57.4. The lowest BCUT2D eigenvalue weighted by Gasteiger charge is -2.42. The van der Waals surface area contributed by atoms with Crippen molar-refractivity contribution in [3.8, 4) is 11.5 Å². The summed E-state index contributed by atoms with van der Waals surface area (Å²) in [7, 11) is 9.18. The van der Waals surface area contributed by atoms with Crippen LogP contribution in [-0.4, -0.2) is 118 Å². The number of likely N-dealkylation sites (N-methyl/N-ethyl adjacent to an activating group) is 1. The van der Waals surface area contributed by atoms with Crippen LogP contribution in [0.2, 0.25) is 5.02 Å². The largest absolute Gasteiger partial charge is 0.495 e. The molecule has 0 unspecified atom stereocenters. The standard InChI is InChI=1S/C41H53ClN4O11/c1-22-12-11-13-32(54-10)41(51)21-31(55-39(50)44-41)23(2)36-40(4,57-36)33(20-34(47)46(7)28-17-25(16-22)18-30(53-9)35(28)42)56-38(49)24(3)45(6)37(48)26-14-15-29(52-8)27(19-26)43-5/h11-15,17-19,23-24,31-33,36,43,51H,16,20-21H2,1-10H3,(H,44,50)/b13-11+,22-12+/t23-,24+,31+,32-,33+,36+,40+,41+/m1/s1. The SMILES string of the molecule is CNc1cc(C(=O)N(C)[C@@H](C)C(=O)O[C@H]2CC(=O)N(C)c3cc(cc(OC)c3Cl)C/C(C)=C/C=C/[C@@H](OC)[C@@]3(O)C[C@H](OC(=O)N3)[C@@H](C)[C@@H]3O[C@@]23C)ccc1OC. The molecule has 0 saturated carbocycles. The Hall–Kier alpha value is -4.83. The number of aliphatic hydroxyl groups is 1. The van der Waals surface area contributed by atoms with Gasteiger partial charge in [0.2, 0.25) is 5.91 Å². The van der Waals surface area contributed by atoms with Gasteiger partial charge in [-0.2, -0.15) is 0 Å². The Morgan fingerprint density at radius 2 is 1.84 bits per heavy atom. The Morgan fingerprint density at radius 1 is 1.14 bits per heavy atom. The average molecular weight is 813 g/mol. The van der Waals surface area contributed by atoms with Crippen molar-refractivity contribution in [3.63, 3.8) is 0 Å². The van der Waals surface area contributed by atoms with E-state index < -0.39 is 71.6 Å². The highest BCUT2D eigenvalue weighted by Gasteiger charge is 2.64. The van der Waals surface area contributed by atoms with Crippen LogP contribution < -0.4 is 25.0 Å². The number of hydrogen-bond donors (Lipinski definition) is 3. The van der Waals surface area contributed by atoms with Gasteiger partial charge < -0.3 is 48.6 Å². The maximum absolute atomic E-state index is 14.2. The number of allylic oxidation sites excluding steroid dienone is 3. The van der Waals surface area contributed by atoms with Crippen LogP contribution in [0.25, 0.3) is 0 Å². The van der Waals surface area contributed by atoms with Crippen molar-refractivity contribution in [1.82, 2.24) is 10.2 Å². The minimum Gasteiger partial charge on any atom is -0.495 e. The molecule has 2 aromatic rings. The number of esters is 1. The highest BCUT2D eigenvalue weighted by molar-refractivity contribution is 6.35. The molecule has 3 aliphatic heterocycles. The van der Waals surface area contributed by atoms with E-state index in [1.54, 1.807) is 70.4 Å². The average Bonchev–Trinajstić information content (AvgIpc) is 3.89. The van der Waals surface area contributed by atoms with Gasteiger partial charge in [0.1, 0.15) is 46.5 Å². The molecule has 2 fully saturated rings. The molecule has 3 amide bonds. The lowest BCUT2D eigenvalue weighted by molar-refractivity contribution is -0.158. The van der Waals surface area contributed by atoms with Crippen molar-refractivity contribution >= 4 is 46.9 Å². The van der Waals surface area contributed by atoms with Crippen LogP contribution in [0.3, 0.4) is 0 Å². The summed E-state index contributed by atoms with van der Waals surface area (Å²) in [6.45, 7) is 6.94. The summed E-state index contributed by atoms with van der Waals surface area (Å²) in [6, 6.07) is 7.34. The number of benzene rings is 2. The van der Waals surface area contributed by atoms with Gasteiger partial charge in [-0.1, -0.05) is 42.3 Å². The third-order valence-corrected chi connectivity index (χ3v) is 11.5. The molecule has 16 heteroatoms. The second kappa shape index (κ2) is 17.3. The Bertz CT molecular complexity index is 1940. The second-order valence-corrected chi connectivity index (χ2v) is 15.4. The Kier molecular flexibility index (Phi) is 13.2. The number of rotatable bonds is 8. The smallest absolute Gasteiger partial charge is 0.409 e. The second-order valence-electron chi connectivity index (χ2n) is 15.0. The third kappa shape index (κ3) is 9.01. The molecular weight excluding hydrogens is 760 g/mol. The fourth-order valence-corrected chi connectivity index (χ4v) is 7.73. The van der Waals surface area contributed by atoms with Gasteiger partial charge in [0.05, 0.1) is 38.1 Å². The van der Waals surface area contributed by atoms with Gasteiger partial charge in [-0.3, -0.25) is 14.9 Å². The van der Waals surface area contributed by atoms with Crippen LogP contribution in [0.15, 0.2) is 54.1 Å². The number of anilines is 2. The molecule has 5 rings (SSSR count). The summed E-state index contributed by atoms with van der Waals surface area (Å²) in [5.41, 5.74) is -0.119. The van der Waals surface area contributed by atoms with Crippen molar-refractivity contribution in [2.75, 3.05) is 52.7 Å². The van der Waals surface area contributed by atoms with Gasteiger partial charge in [0, 0.05) is 46.2 Å². The molecule has 57 heavy (non-hydrogen) atoms. The summed E-state index contributed by atoms with van der Waals surface area (Å²) >= 11 is 6.79. The molecular formula is C41H53ClN4O11. The minimum absolute atomic E-state index is 0.0673. The highest BCUT2D eigenvalue weighted by Crippen LogP contribution is 2.49. The van der Waals surface area contributed by atoms with E-state index in [4.69, 9.17) is 40.0 Å². The van der Waals surface area contributed by atoms with Crippen LogP contribution >= 0.6 is 11.6 Å². The molecule has 2 saturated heterocycles. The zero-order valence-electron chi connectivity index (χ0n) is 34.0. The Balaban J connectivity index is 1.51. The third-order valence-electron chi connectivity index (χ3n) is 11.2. The molecule has 0 spiro atoms. The molecule has 3 heterocycles. The van der Waals surface area contributed by atoms with Crippen LogP contribution in [0.4, 0.5) is 16.2 Å². The molecule has 0 aromatic heterocycles. The van der Waals surface area contributed by atoms with E-state index in [2.05, 4.69) is 10.6 Å². The van der Waals surface area contributed by atoms with E-state index in [0.717, 1.165) is 11.1 Å². The van der Waals surface area contributed by atoms with Crippen LogP contribution in [0.5, 0.6) is 11.5 Å². The normalized spacial score (nSPS) is 29.6. The van der Waals surface area contributed by atoms with Crippen molar-refractivity contribution in [1.29, 1.82) is 0 Å². The minimum atomic E-state index is -1.84. The number of carbonyl (C=O) groups is 4. The number of ether oxygens (including phenoxy) is 6. The fraction of sp³-hybridized carbons (Fsp3) is 0.512. The van der Waals surface area contributed by atoms with Crippen LogP contribution in [0.1, 0.15) is 56.5 Å². The fourth-order valence-electron chi connectivity index (χ4n) is 7.42. The van der Waals surface area contributed by atoms with E-state index in [-0.39, 0.29) is 17.9 Å². The lowest BCUT2D eigenvalue weighted by atomic mass is 9.83. The quantitative estimate of drug-likeness (QED) is 0.244. The highest BCUT2D eigenvalue weighted by atomic mass is 35.5. The number of nitrogens with one attached hydrogen (secondary N) is 2. The molecule has 3 N–H and O–H groups in total. The van der Waals surface area contributed by atoms with Gasteiger partial charge in [0.25, 0.3) is 5.91 Å². The first-order valence-corrected chi connectivity index (χ1v) is 19.0. The van der Waals surface area contributed by atoms with Gasteiger partial charge in [-0.25, -0.2) is 9.59 Å².